The lowest BCUT2D eigenvalue weighted by atomic mass is 9.73. The summed E-state index contributed by atoms with van der Waals surface area (Å²) in [5.41, 5.74) is 15.8. The molecule has 2 aliphatic carbocycles. The third-order valence-corrected chi connectivity index (χ3v) is 9.45. The average molecular weight is 483 g/mol. The zero-order valence-electron chi connectivity index (χ0n) is 23.4. The Morgan fingerprint density at radius 2 is 1.43 bits per heavy atom. The van der Waals surface area contributed by atoms with Crippen LogP contribution in [0, 0.1) is 12.8 Å². The third-order valence-electron chi connectivity index (χ3n) is 9.45. The van der Waals surface area contributed by atoms with Gasteiger partial charge in [0.1, 0.15) is 0 Å². The van der Waals surface area contributed by atoms with Crippen LogP contribution in [0.2, 0.25) is 0 Å². The van der Waals surface area contributed by atoms with E-state index in [1.807, 2.05) is 0 Å². The second-order valence-corrected chi connectivity index (χ2v) is 11.9. The van der Waals surface area contributed by atoms with Crippen molar-refractivity contribution < 1.29 is 0 Å². The highest BCUT2D eigenvalue weighted by Crippen LogP contribution is 2.52. The zero-order chi connectivity index (χ0) is 26.1. The Labute approximate surface area is 222 Å². The van der Waals surface area contributed by atoms with Crippen molar-refractivity contribution in [3.05, 3.63) is 123 Å². The molecule has 4 aromatic rings. The first-order valence-corrected chi connectivity index (χ1v) is 13.9. The van der Waals surface area contributed by atoms with Crippen molar-refractivity contribution in [2.45, 2.75) is 66.2 Å². The molecule has 2 aliphatic rings. The molecule has 0 spiro atoms. The number of rotatable bonds is 3. The number of allylic oxidation sites excluding steroid dienone is 4. The number of benzene rings is 4. The first kappa shape index (κ1) is 24.0. The maximum atomic E-state index is 2.49. The highest BCUT2D eigenvalue weighted by Gasteiger charge is 2.37. The second kappa shape index (κ2) is 8.59. The van der Waals surface area contributed by atoms with Gasteiger partial charge in [-0.1, -0.05) is 112 Å². The normalized spacial score (nSPS) is 19.9. The van der Waals surface area contributed by atoms with Crippen LogP contribution in [0.3, 0.4) is 0 Å². The second-order valence-electron chi connectivity index (χ2n) is 11.9. The van der Waals surface area contributed by atoms with E-state index in [2.05, 4.69) is 127 Å². The Kier molecular flexibility index (Phi) is 5.57. The Bertz CT molecular complexity index is 1620. The Morgan fingerprint density at radius 3 is 2.16 bits per heavy atom. The molecule has 0 nitrogen and oxygen atoms in total. The maximum absolute atomic E-state index is 2.49. The molecule has 0 aromatic heterocycles. The summed E-state index contributed by atoms with van der Waals surface area (Å²) >= 11 is 0. The minimum absolute atomic E-state index is 0.00102. The lowest BCUT2D eigenvalue weighted by molar-refractivity contribution is 0.552. The zero-order valence-corrected chi connectivity index (χ0v) is 23.4. The number of hydrogen-bond acceptors (Lipinski definition) is 0. The van der Waals surface area contributed by atoms with Crippen molar-refractivity contribution >= 4 is 16.3 Å². The van der Waals surface area contributed by atoms with Crippen LogP contribution in [0.25, 0.3) is 27.5 Å². The molecule has 2 atom stereocenters. The Balaban J connectivity index is 1.41. The lowest BCUT2D eigenvalue weighted by Gasteiger charge is -2.32. The molecular weight excluding hydrogens is 444 g/mol. The molecule has 186 valence electrons. The van der Waals surface area contributed by atoms with Crippen molar-refractivity contribution in [3.63, 3.8) is 0 Å². The highest BCUT2D eigenvalue weighted by atomic mass is 14.4. The van der Waals surface area contributed by atoms with Gasteiger partial charge in [-0.15, -0.1) is 0 Å². The molecule has 4 aromatic carbocycles. The van der Waals surface area contributed by atoms with Crippen molar-refractivity contribution in [3.8, 4) is 11.1 Å². The van der Waals surface area contributed by atoms with E-state index in [-0.39, 0.29) is 5.41 Å². The van der Waals surface area contributed by atoms with E-state index in [0.29, 0.717) is 11.8 Å². The molecule has 2 unspecified atom stereocenters. The molecule has 0 saturated heterocycles. The van der Waals surface area contributed by atoms with Gasteiger partial charge in [0.25, 0.3) is 0 Å². The van der Waals surface area contributed by atoms with Gasteiger partial charge in [-0.2, -0.15) is 0 Å². The molecule has 0 heteroatoms. The number of fused-ring (bicyclic) bond motifs is 6. The monoisotopic (exact) mass is 482 g/mol. The van der Waals surface area contributed by atoms with Crippen LogP contribution >= 0.6 is 0 Å². The van der Waals surface area contributed by atoms with Crippen molar-refractivity contribution in [1.29, 1.82) is 0 Å². The van der Waals surface area contributed by atoms with Gasteiger partial charge in [-0.25, -0.2) is 0 Å². The molecular formula is C37H38. The molecule has 37 heavy (non-hydrogen) atoms. The quantitative estimate of drug-likeness (QED) is 0.272. The van der Waals surface area contributed by atoms with E-state index < -0.39 is 0 Å². The summed E-state index contributed by atoms with van der Waals surface area (Å²) in [5.74, 6) is 1.10. The number of aryl methyl sites for hydroxylation is 1. The summed E-state index contributed by atoms with van der Waals surface area (Å²) in [7, 11) is 0. The molecule has 0 N–H and O–H groups in total. The topological polar surface area (TPSA) is 0 Å². The van der Waals surface area contributed by atoms with Crippen LogP contribution in [0.1, 0.15) is 86.4 Å². The molecule has 0 amide bonds. The van der Waals surface area contributed by atoms with Gasteiger partial charge in [0.05, 0.1) is 0 Å². The van der Waals surface area contributed by atoms with Crippen molar-refractivity contribution in [1.82, 2.24) is 0 Å². The van der Waals surface area contributed by atoms with E-state index in [4.69, 9.17) is 0 Å². The van der Waals surface area contributed by atoms with Crippen molar-refractivity contribution in [2.24, 2.45) is 5.92 Å². The minimum Gasteiger partial charge on any atom is -0.0870 e. The Hall–Kier alpha value is -3.38. The summed E-state index contributed by atoms with van der Waals surface area (Å²) in [4.78, 5) is 0. The predicted molar refractivity (Wildman–Crippen MR) is 160 cm³/mol. The summed E-state index contributed by atoms with van der Waals surface area (Å²) in [6, 6.07) is 25.8. The average Bonchev–Trinajstić information content (AvgIpc) is 3.12. The molecule has 0 heterocycles. The SMILES string of the molecule is C/C=C\C1=C(C)C(C)C(C)c2cc(Cc3ccc4c(c3)C(C)(C)c3cc(C)c5ccccc5c3-4)ccc21. The third kappa shape index (κ3) is 3.57. The van der Waals surface area contributed by atoms with Gasteiger partial charge < -0.3 is 0 Å². The summed E-state index contributed by atoms with van der Waals surface area (Å²) < 4.78 is 0. The predicted octanol–water partition coefficient (Wildman–Crippen LogP) is 10.1. The fourth-order valence-corrected chi connectivity index (χ4v) is 6.99. The molecule has 0 radical (unpaired) electrons. The van der Waals surface area contributed by atoms with Crippen LogP contribution in [0.5, 0.6) is 0 Å². The fraction of sp³-hybridized carbons (Fsp3) is 0.297. The van der Waals surface area contributed by atoms with Crippen LogP contribution in [-0.4, -0.2) is 0 Å². The smallest absolute Gasteiger partial charge is 0.0159 e. The first-order valence-electron chi connectivity index (χ1n) is 13.9. The maximum Gasteiger partial charge on any atom is 0.0159 e. The van der Waals surface area contributed by atoms with Gasteiger partial charge in [0, 0.05) is 5.41 Å². The lowest BCUT2D eigenvalue weighted by Crippen LogP contribution is -2.16. The standard InChI is InChI=1S/C37H38/c1-8-11-29-24(4)23(3)25(5)33-20-26(14-16-30(29)33)19-27-15-17-32-34(21-27)37(6,7)35-18-22(2)28-12-9-10-13-31(28)36(32)35/h8-18,20-21,23,25H,19H2,1-7H3/b11-8-. The van der Waals surface area contributed by atoms with E-state index in [9.17, 15) is 0 Å². The van der Waals surface area contributed by atoms with Crippen LogP contribution in [-0.2, 0) is 11.8 Å². The van der Waals surface area contributed by atoms with Crippen LogP contribution in [0.15, 0.2) is 84.5 Å². The molecule has 0 fully saturated rings. The van der Waals surface area contributed by atoms with Crippen molar-refractivity contribution in [2.75, 3.05) is 0 Å². The summed E-state index contributed by atoms with van der Waals surface area (Å²) in [5, 5.41) is 2.75. The van der Waals surface area contributed by atoms with Gasteiger partial charge in [0.15, 0.2) is 0 Å². The molecule has 6 rings (SSSR count). The van der Waals surface area contributed by atoms with Gasteiger partial charge in [-0.05, 0) is 105 Å². The summed E-state index contributed by atoms with van der Waals surface area (Å²) in [6.45, 7) is 16.3. The molecule has 0 bridgehead atoms. The van der Waals surface area contributed by atoms with E-state index in [1.54, 1.807) is 0 Å². The van der Waals surface area contributed by atoms with Gasteiger partial charge >= 0.3 is 0 Å². The fourth-order valence-electron chi connectivity index (χ4n) is 6.99. The summed E-state index contributed by atoms with van der Waals surface area (Å²) in [6.07, 6.45) is 5.44. The van der Waals surface area contributed by atoms with E-state index >= 15 is 0 Å². The van der Waals surface area contributed by atoms with Gasteiger partial charge in [0.2, 0.25) is 0 Å². The molecule has 0 aliphatic heterocycles. The van der Waals surface area contributed by atoms with Gasteiger partial charge in [-0.3, -0.25) is 0 Å². The van der Waals surface area contributed by atoms with Crippen LogP contribution in [0.4, 0.5) is 0 Å². The number of hydrogen-bond donors (Lipinski definition) is 0. The minimum atomic E-state index is -0.00102. The van der Waals surface area contributed by atoms with E-state index in [0.717, 1.165) is 6.42 Å². The largest absolute Gasteiger partial charge is 0.0870 e. The molecule has 0 saturated carbocycles. The Morgan fingerprint density at radius 1 is 0.757 bits per heavy atom. The highest BCUT2D eigenvalue weighted by molar-refractivity contribution is 6.03. The van der Waals surface area contributed by atoms with E-state index in [1.165, 1.54) is 72.0 Å². The first-order chi connectivity index (χ1) is 17.7. The van der Waals surface area contributed by atoms with Crippen LogP contribution < -0.4 is 0 Å².